The summed E-state index contributed by atoms with van der Waals surface area (Å²) in [6.07, 6.45) is 2.86. The van der Waals surface area contributed by atoms with Crippen molar-refractivity contribution < 1.29 is 46.6 Å². The number of halogens is 6. The van der Waals surface area contributed by atoms with Crippen LogP contribution in [0.5, 0.6) is 28.7 Å². The molecule has 6 atom stereocenters. The zero-order valence-corrected chi connectivity index (χ0v) is 51.7. The molecule has 92 heavy (non-hydrogen) atoms. The molecule has 3 aliphatic rings. The number of esters is 1. The van der Waals surface area contributed by atoms with Crippen molar-refractivity contribution in [2.24, 2.45) is 0 Å². The van der Waals surface area contributed by atoms with E-state index in [1.165, 1.54) is 78.3 Å². The maximum Gasteiger partial charge on any atom is 0.308 e. The average Bonchev–Trinajstić information content (AvgIpc) is 0.758. The zero-order chi connectivity index (χ0) is 65.1. The topological polar surface area (TPSA) is 210 Å². The molecule has 3 amide bonds. The van der Waals surface area contributed by atoms with Crippen LogP contribution in [-0.2, 0) is 4.79 Å². The molecule has 0 aliphatic carbocycles. The van der Waals surface area contributed by atoms with E-state index < -0.39 is 117 Å². The van der Waals surface area contributed by atoms with Gasteiger partial charge in [-0.3, -0.25) is 47.6 Å². The smallest absolute Gasteiger partial charge is 0.308 e. The van der Waals surface area contributed by atoms with Gasteiger partial charge in [0.1, 0.15) is 29.0 Å². The molecule has 3 aliphatic heterocycles. The number of hydrogen-bond donors (Lipinski definition) is 0. The molecule has 6 aromatic carbocycles. The molecule has 0 saturated heterocycles. The van der Waals surface area contributed by atoms with E-state index >= 15 is 8.78 Å². The lowest BCUT2D eigenvalue weighted by atomic mass is 9.83. The maximum absolute atomic E-state index is 16.6. The van der Waals surface area contributed by atoms with Crippen LogP contribution in [0.25, 0.3) is 0 Å². The van der Waals surface area contributed by atoms with Crippen LogP contribution in [0.4, 0.5) is 13.2 Å². The number of aromatic nitrogens is 6. The number of hydrogen-bond acceptors (Lipinski definition) is 13. The number of benzene rings is 6. The summed E-state index contributed by atoms with van der Waals surface area (Å²) in [5.41, 5.74) is -0.638. The fraction of sp³-hybridized carbons (Fsp3) is 0.224. The molecule has 0 fully saturated rings. The first-order valence-corrected chi connectivity index (χ1v) is 30.0. The van der Waals surface area contributed by atoms with E-state index in [9.17, 15) is 38.0 Å². The van der Waals surface area contributed by atoms with Crippen molar-refractivity contribution in [1.82, 2.24) is 44.0 Å². The molecule has 6 heterocycles. The Morgan fingerprint density at radius 1 is 0.489 bits per heavy atom. The quantitative estimate of drug-likeness (QED) is 0.0876. The molecule has 25 heteroatoms. The van der Waals surface area contributed by atoms with E-state index in [0.29, 0.717) is 26.7 Å². The Morgan fingerprint density at radius 3 is 1.48 bits per heavy atom. The molecule has 0 saturated carbocycles. The third-order valence-corrected chi connectivity index (χ3v) is 17.4. The van der Waals surface area contributed by atoms with Crippen molar-refractivity contribution in [3.63, 3.8) is 0 Å². The van der Waals surface area contributed by atoms with Gasteiger partial charge in [0.25, 0.3) is 17.7 Å². The van der Waals surface area contributed by atoms with Gasteiger partial charge < -0.3 is 28.9 Å². The van der Waals surface area contributed by atoms with Gasteiger partial charge in [-0.05, 0) is 120 Å². The van der Waals surface area contributed by atoms with Crippen molar-refractivity contribution >= 4 is 58.5 Å². The summed E-state index contributed by atoms with van der Waals surface area (Å²) in [6.45, 7) is 4.42. The van der Waals surface area contributed by atoms with Crippen molar-refractivity contribution in [2.45, 2.75) is 62.7 Å². The second kappa shape index (κ2) is 25.1. The third kappa shape index (κ3) is 11.8. The van der Waals surface area contributed by atoms with E-state index in [4.69, 9.17) is 49.0 Å². The summed E-state index contributed by atoms with van der Waals surface area (Å²) in [4.78, 5) is 102. The minimum Gasteiger partial charge on any atom is -0.451 e. The van der Waals surface area contributed by atoms with Crippen LogP contribution in [0.3, 0.4) is 0 Å². The van der Waals surface area contributed by atoms with Crippen LogP contribution in [0.2, 0.25) is 15.1 Å². The van der Waals surface area contributed by atoms with Gasteiger partial charge in [-0.2, -0.15) is 15.3 Å². The zero-order valence-electron chi connectivity index (χ0n) is 49.5. The van der Waals surface area contributed by atoms with E-state index in [1.54, 1.807) is 93.7 Å². The first kappa shape index (κ1) is 62.3. The van der Waals surface area contributed by atoms with Crippen LogP contribution in [-0.4, -0.2) is 108 Å². The Hall–Kier alpha value is -9.90. The molecule has 3 aromatic heterocycles. The van der Waals surface area contributed by atoms with Crippen molar-refractivity contribution in [2.75, 3.05) is 33.7 Å². The van der Waals surface area contributed by atoms with Gasteiger partial charge in [0.2, 0.25) is 33.5 Å². The largest absolute Gasteiger partial charge is 0.451 e. The van der Waals surface area contributed by atoms with Crippen molar-refractivity contribution in [3.8, 4) is 28.7 Å². The highest BCUT2D eigenvalue weighted by molar-refractivity contribution is 6.32. The van der Waals surface area contributed by atoms with Gasteiger partial charge in [0.05, 0.1) is 41.7 Å². The second-order valence-corrected chi connectivity index (χ2v) is 24.2. The Balaban J connectivity index is 0.953. The van der Waals surface area contributed by atoms with Gasteiger partial charge in [0.15, 0.2) is 17.1 Å². The Bertz CT molecular complexity index is 4680. The van der Waals surface area contributed by atoms with Gasteiger partial charge >= 0.3 is 5.97 Å². The predicted octanol–water partition coefficient (Wildman–Crippen LogP) is 11.4. The normalized spacial score (nSPS) is 17.2. The number of likely N-dealkylation sites (N-methyl/N-ethyl adjacent to an activating group) is 2. The van der Waals surface area contributed by atoms with Crippen molar-refractivity contribution in [3.05, 3.63) is 266 Å². The standard InChI is InChI=1S/C67H53Cl3F3N9O10/c1-34(2)79-33-51(82-61(67(79)89)62(90-35(3)83)52(84)28-76-82)58(39-11-8-14-45(72)23-39)41-24-46(73)27-47(25-41)91-63-53(85)29-74-81-50(32-78(5)65(87)59(63)81)57(38-10-7-13-43(69)22-38)40-17-20-48(70)55(26-40)92-64-54(86)30-75-80-49(31-77(4)66(88)60(64)80)56(36-15-18-44(71)19-16-36)37-9-6-12-42(68)21-37/h6-30,34,49-51,56-58H,31-33H2,1-5H3. The Labute approximate surface area is 537 Å². The summed E-state index contributed by atoms with van der Waals surface area (Å²) < 4.78 is 68.7. The summed E-state index contributed by atoms with van der Waals surface area (Å²) in [5, 5.41) is 14.2. The molecule has 6 unspecified atom stereocenters. The number of ether oxygens (including phenoxy) is 3. The van der Waals surface area contributed by atoms with Gasteiger partial charge in [-0.15, -0.1) is 0 Å². The van der Waals surface area contributed by atoms with E-state index in [-0.39, 0.29) is 64.4 Å². The number of carbonyl (C=O) groups excluding carboxylic acids is 4. The van der Waals surface area contributed by atoms with Gasteiger partial charge in [0, 0.05) is 80.6 Å². The molecule has 0 spiro atoms. The summed E-state index contributed by atoms with van der Waals surface area (Å²) in [7, 11) is 3.08. The fourth-order valence-corrected chi connectivity index (χ4v) is 13.1. The SMILES string of the molecule is CC(=O)Oc1c2n(ncc1=O)C(C(c1cccc(F)c1)c1cc(F)cc(Oc3c4n(ncc3=O)C(C(c3cccc(Cl)c3)c3ccc(Cl)c(Oc5c6n(ncc5=O)C(C(c5ccc(F)cc5)c5cccc(Cl)c5)CN(C)C6=O)c3)CN(C)C4=O)c1)CN(C(C)C)C2=O. The van der Waals surface area contributed by atoms with Crippen LogP contribution < -0.4 is 30.5 Å². The molecule has 468 valence electrons. The summed E-state index contributed by atoms with van der Waals surface area (Å²) in [6, 6.07) is 30.4. The number of amides is 3. The average molecular weight is 1310 g/mol. The highest BCUT2D eigenvalue weighted by Gasteiger charge is 2.44. The molecule has 0 N–H and O–H groups in total. The van der Waals surface area contributed by atoms with Gasteiger partial charge in [-0.25, -0.2) is 13.2 Å². The summed E-state index contributed by atoms with van der Waals surface area (Å²) in [5.74, 6) is -9.40. The lowest BCUT2D eigenvalue weighted by molar-refractivity contribution is -0.132. The minimum atomic E-state index is -1.12. The second-order valence-electron chi connectivity index (χ2n) is 22.9. The molecule has 0 bridgehead atoms. The van der Waals surface area contributed by atoms with Crippen LogP contribution in [0.15, 0.2) is 166 Å². The molecule has 12 rings (SSSR count). The van der Waals surface area contributed by atoms with E-state index in [1.807, 2.05) is 6.07 Å². The lowest BCUT2D eigenvalue weighted by Crippen LogP contribution is -2.50. The number of rotatable bonds is 15. The number of carbonyl (C=O) groups is 4. The van der Waals surface area contributed by atoms with Crippen LogP contribution in [0.1, 0.15) is 121 Å². The number of fused-ring (bicyclic) bond motifs is 3. The van der Waals surface area contributed by atoms with E-state index in [0.717, 1.165) is 43.2 Å². The van der Waals surface area contributed by atoms with Gasteiger partial charge in [-0.1, -0.05) is 89.4 Å². The molecule has 9 aromatic rings. The van der Waals surface area contributed by atoms with E-state index in [2.05, 4.69) is 15.3 Å². The number of nitrogens with zero attached hydrogens (tertiary/aromatic N) is 9. The molecular formula is C67H53Cl3F3N9O10. The van der Waals surface area contributed by atoms with Crippen molar-refractivity contribution in [1.29, 1.82) is 0 Å². The molecule has 19 nitrogen and oxygen atoms in total. The molecular weight excluding hydrogens is 1250 g/mol. The first-order chi connectivity index (χ1) is 44.0. The first-order valence-electron chi connectivity index (χ1n) is 28.9. The van der Waals surface area contributed by atoms with Crippen LogP contribution >= 0.6 is 34.8 Å². The monoisotopic (exact) mass is 1310 g/mol. The highest BCUT2D eigenvalue weighted by Crippen LogP contribution is 2.47. The minimum absolute atomic E-state index is 0.0179. The van der Waals surface area contributed by atoms with Crippen LogP contribution in [0, 0.1) is 17.5 Å². The third-order valence-electron chi connectivity index (χ3n) is 16.6. The molecule has 0 radical (unpaired) electrons. The Morgan fingerprint density at radius 2 is 0.946 bits per heavy atom. The summed E-state index contributed by atoms with van der Waals surface area (Å²) >= 11 is 20.3. The fourth-order valence-electron chi connectivity index (χ4n) is 12.6. The maximum atomic E-state index is 16.6. The predicted molar refractivity (Wildman–Crippen MR) is 333 cm³/mol. The lowest BCUT2D eigenvalue weighted by Gasteiger charge is -2.41. The Kier molecular flexibility index (Phi) is 17.0. The highest BCUT2D eigenvalue weighted by atomic mass is 35.5.